The van der Waals surface area contributed by atoms with Crippen LogP contribution in [0.3, 0.4) is 0 Å². The van der Waals surface area contributed by atoms with Crippen LogP contribution in [0.1, 0.15) is 60.3 Å². The Morgan fingerprint density at radius 1 is 1.06 bits per heavy atom. The lowest BCUT2D eigenvalue weighted by molar-refractivity contribution is -0.156. The normalized spacial score (nSPS) is 11.9. The topological polar surface area (TPSA) is 29.5 Å². The van der Waals surface area contributed by atoms with Gasteiger partial charge >= 0.3 is 5.97 Å². The van der Waals surface area contributed by atoms with E-state index in [0.717, 1.165) is 38.8 Å². The molecule has 0 aliphatic carbocycles. The van der Waals surface area contributed by atoms with Crippen LogP contribution in [0, 0.1) is 0 Å². The van der Waals surface area contributed by atoms with Crippen molar-refractivity contribution < 1.29 is 9.53 Å². The van der Waals surface area contributed by atoms with E-state index >= 15 is 0 Å². The van der Waals surface area contributed by atoms with Gasteiger partial charge in [0.15, 0.2) is 0 Å². The quantitative estimate of drug-likeness (QED) is 0.613. The number of unbranched alkanes of at least 4 members (excludes halogenated alkanes) is 2. The van der Waals surface area contributed by atoms with Gasteiger partial charge in [0.1, 0.15) is 5.60 Å². The molecule has 0 unspecified atom stereocenters. The fourth-order valence-corrected chi connectivity index (χ4v) is 1.59. The number of ether oxygens (including phenoxy) is 1. The fraction of sp³-hybridized carbons (Fsp3) is 0.929. The summed E-state index contributed by atoms with van der Waals surface area (Å²) < 4.78 is 5.35. The van der Waals surface area contributed by atoms with E-state index in [1.807, 2.05) is 20.8 Å². The molecule has 0 heterocycles. The minimum absolute atomic E-state index is 0.107. The van der Waals surface area contributed by atoms with Crippen molar-refractivity contribution in [2.75, 3.05) is 19.6 Å². The molecule has 0 aliphatic heterocycles. The van der Waals surface area contributed by atoms with E-state index in [9.17, 15) is 4.79 Å². The van der Waals surface area contributed by atoms with Crippen molar-refractivity contribution in [2.45, 2.75) is 65.9 Å². The number of carbonyl (C=O) groups is 1. The molecule has 0 spiro atoms. The van der Waals surface area contributed by atoms with E-state index in [1.54, 1.807) is 0 Å². The number of carbonyl (C=O) groups excluding carboxylic acids is 1. The van der Waals surface area contributed by atoms with Crippen molar-refractivity contribution >= 4 is 5.97 Å². The highest BCUT2D eigenvalue weighted by atomic mass is 16.6. The summed E-state index contributed by atoms with van der Waals surface area (Å²) in [5.74, 6) is -0.107. The van der Waals surface area contributed by atoms with Gasteiger partial charge in [-0.05, 0) is 46.7 Å². The Labute approximate surface area is 107 Å². The van der Waals surface area contributed by atoms with Gasteiger partial charge < -0.3 is 4.74 Å². The predicted molar refractivity (Wildman–Crippen MR) is 72.1 cm³/mol. The smallest absolute Gasteiger partial charge is 0.320 e. The van der Waals surface area contributed by atoms with E-state index in [1.165, 1.54) is 0 Å². The lowest BCUT2D eigenvalue weighted by Gasteiger charge is -2.24. The van der Waals surface area contributed by atoms with Crippen molar-refractivity contribution in [3.05, 3.63) is 0 Å². The first-order chi connectivity index (χ1) is 7.89. The molecule has 0 N–H and O–H groups in total. The summed E-state index contributed by atoms with van der Waals surface area (Å²) in [7, 11) is 0. The van der Waals surface area contributed by atoms with Crippen molar-refractivity contribution in [3.8, 4) is 0 Å². The van der Waals surface area contributed by atoms with Crippen molar-refractivity contribution in [2.24, 2.45) is 0 Å². The molecule has 0 aromatic rings. The van der Waals surface area contributed by atoms with Crippen LogP contribution < -0.4 is 0 Å². The molecule has 0 amide bonds. The van der Waals surface area contributed by atoms with Gasteiger partial charge in [-0.2, -0.15) is 0 Å². The number of rotatable bonds is 8. The summed E-state index contributed by atoms with van der Waals surface area (Å²) in [5.41, 5.74) is -0.377. The Hall–Kier alpha value is -0.570. The molecule has 0 bridgehead atoms. The average Bonchev–Trinajstić information content (AvgIpc) is 2.19. The molecule has 0 aromatic heterocycles. The van der Waals surface area contributed by atoms with Gasteiger partial charge in [0, 0.05) is 0 Å². The first kappa shape index (κ1) is 16.4. The van der Waals surface area contributed by atoms with Crippen LogP contribution >= 0.6 is 0 Å². The Bertz CT molecular complexity index is 201. The molecule has 0 atom stereocenters. The van der Waals surface area contributed by atoms with E-state index in [-0.39, 0.29) is 11.6 Å². The molecule has 0 rings (SSSR count). The lowest BCUT2D eigenvalue weighted by Crippen LogP contribution is -2.36. The zero-order chi connectivity index (χ0) is 13.3. The molecule has 0 aliphatic rings. The third-order valence-electron chi connectivity index (χ3n) is 2.43. The highest BCUT2D eigenvalue weighted by Gasteiger charge is 2.18. The van der Waals surface area contributed by atoms with Gasteiger partial charge in [0.2, 0.25) is 0 Å². The Morgan fingerprint density at radius 3 is 1.88 bits per heavy atom. The van der Waals surface area contributed by atoms with Crippen LogP contribution in [0.5, 0.6) is 0 Å². The zero-order valence-corrected chi connectivity index (χ0v) is 12.2. The summed E-state index contributed by atoms with van der Waals surface area (Å²) >= 11 is 0. The standard InChI is InChI=1S/C14H29NO2/c1-6-8-10-15(11-9-7-2)12-13(16)17-14(3,4)5/h6-12H2,1-5H3. The maximum atomic E-state index is 11.7. The minimum Gasteiger partial charge on any atom is -0.459 e. The van der Waals surface area contributed by atoms with Gasteiger partial charge in [0.05, 0.1) is 6.54 Å². The third kappa shape index (κ3) is 10.3. The summed E-state index contributed by atoms with van der Waals surface area (Å²) in [6.45, 7) is 12.5. The van der Waals surface area contributed by atoms with Crippen LogP contribution in [0.15, 0.2) is 0 Å². The van der Waals surface area contributed by atoms with Gasteiger partial charge in [-0.1, -0.05) is 26.7 Å². The number of nitrogens with zero attached hydrogens (tertiary/aromatic N) is 1. The maximum absolute atomic E-state index is 11.7. The van der Waals surface area contributed by atoms with Crippen LogP contribution in [-0.2, 0) is 9.53 Å². The molecule has 3 nitrogen and oxygen atoms in total. The predicted octanol–water partition coefficient (Wildman–Crippen LogP) is 3.23. The molecule has 102 valence electrons. The molecule has 0 aromatic carbocycles. The van der Waals surface area contributed by atoms with Crippen molar-refractivity contribution in [3.63, 3.8) is 0 Å². The second kappa shape index (κ2) is 8.51. The second-order valence-electron chi connectivity index (χ2n) is 5.57. The van der Waals surface area contributed by atoms with Crippen LogP contribution in [0.25, 0.3) is 0 Å². The van der Waals surface area contributed by atoms with E-state index in [2.05, 4.69) is 18.7 Å². The van der Waals surface area contributed by atoms with Crippen LogP contribution in [-0.4, -0.2) is 36.1 Å². The largest absolute Gasteiger partial charge is 0.459 e. The first-order valence-electron chi connectivity index (χ1n) is 6.83. The third-order valence-corrected chi connectivity index (χ3v) is 2.43. The lowest BCUT2D eigenvalue weighted by atomic mass is 10.2. The van der Waals surface area contributed by atoms with Gasteiger partial charge in [-0.15, -0.1) is 0 Å². The molecule has 0 saturated carbocycles. The minimum atomic E-state index is -0.377. The Kier molecular flexibility index (Phi) is 8.23. The maximum Gasteiger partial charge on any atom is 0.320 e. The number of esters is 1. The monoisotopic (exact) mass is 243 g/mol. The zero-order valence-electron chi connectivity index (χ0n) is 12.2. The molecular weight excluding hydrogens is 214 g/mol. The van der Waals surface area contributed by atoms with E-state index in [4.69, 9.17) is 4.74 Å². The summed E-state index contributed by atoms with van der Waals surface area (Å²) in [5, 5.41) is 0. The fourth-order valence-electron chi connectivity index (χ4n) is 1.59. The summed E-state index contributed by atoms with van der Waals surface area (Å²) in [4.78, 5) is 13.9. The van der Waals surface area contributed by atoms with Gasteiger partial charge in [-0.3, -0.25) is 9.69 Å². The Morgan fingerprint density at radius 2 is 1.53 bits per heavy atom. The molecular formula is C14H29NO2. The van der Waals surface area contributed by atoms with Crippen LogP contribution in [0.2, 0.25) is 0 Å². The molecule has 0 fully saturated rings. The summed E-state index contributed by atoms with van der Waals surface area (Å²) in [6.07, 6.45) is 4.62. The molecule has 17 heavy (non-hydrogen) atoms. The van der Waals surface area contributed by atoms with Crippen LogP contribution in [0.4, 0.5) is 0 Å². The second-order valence-corrected chi connectivity index (χ2v) is 5.57. The van der Waals surface area contributed by atoms with Gasteiger partial charge in [-0.25, -0.2) is 0 Å². The number of hydrogen-bond acceptors (Lipinski definition) is 3. The molecule has 0 radical (unpaired) electrons. The van der Waals surface area contributed by atoms with E-state index < -0.39 is 0 Å². The average molecular weight is 243 g/mol. The van der Waals surface area contributed by atoms with Crippen molar-refractivity contribution in [1.29, 1.82) is 0 Å². The number of hydrogen-bond donors (Lipinski definition) is 0. The highest BCUT2D eigenvalue weighted by molar-refractivity contribution is 5.72. The van der Waals surface area contributed by atoms with E-state index in [0.29, 0.717) is 6.54 Å². The summed E-state index contributed by atoms with van der Waals surface area (Å²) in [6, 6.07) is 0. The first-order valence-corrected chi connectivity index (χ1v) is 6.83. The SMILES string of the molecule is CCCCN(CCCC)CC(=O)OC(C)(C)C. The van der Waals surface area contributed by atoms with Gasteiger partial charge in [0.25, 0.3) is 0 Å². The Balaban J connectivity index is 4.07. The van der Waals surface area contributed by atoms with Crippen molar-refractivity contribution in [1.82, 2.24) is 4.90 Å². The molecule has 0 saturated heterocycles. The molecule has 3 heteroatoms. The highest BCUT2D eigenvalue weighted by Crippen LogP contribution is 2.08.